The van der Waals surface area contributed by atoms with Gasteiger partial charge in [-0.3, -0.25) is 0 Å². The fourth-order valence-corrected chi connectivity index (χ4v) is 6.11. The van der Waals surface area contributed by atoms with Crippen LogP contribution in [0.5, 0.6) is 0 Å². The first-order valence-electron chi connectivity index (χ1n) is 7.55. The molecule has 2 heterocycles. The SMILES string of the molecule is CC(C)(C)C1(C=Cc2cc3ccccc3[nH]2)SCCCS1. The average molecular weight is 318 g/mol. The highest BCUT2D eigenvalue weighted by Gasteiger charge is 2.42. The van der Waals surface area contributed by atoms with Crippen LogP contribution in [0.4, 0.5) is 0 Å². The fraction of sp³-hybridized carbons (Fsp3) is 0.444. The molecule has 0 saturated carbocycles. The third-order valence-corrected chi connectivity index (χ3v) is 8.05. The number of aromatic amines is 1. The predicted molar refractivity (Wildman–Crippen MR) is 99.1 cm³/mol. The topological polar surface area (TPSA) is 15.8 Å². The molecule has 0 bridgehead atoms. The van der Waals surface area contributed by atoms with E-state index >= 15 is 0 Å². The van der Waals surface area contributed by atoms with Gasteiger partial charge in [-0.1, -0.05) is 45.0 Å². The smallest absolute Gasteiger partial charge is 0.0843 e. The molecule has 3 rings (SSSR count). The Morgan fingerprint density at radius 1 is 1.14 bits per heavy atom. The van der Waals surface area contributed by atoms with E-state index in [9.17, 15) is 0 Å². The van der Waals surface area contributed by atoms with E-state index in [1.54, 1.807) is 0 Å². The van der Waals surface area contributed by atoms with Gasteiger partial charge in [0.15, 0.2) is 0 Å². The Balaban J connectivity index is 1.91. The molecule has 21 heavy (non-hydrogen) atoms. The molecule has 112 valence electrons. The van der Waals surface area contributed by atoms with Crippen molar-refractivity contribution in [2.24, 2.45) is 5.41 Å². The highest BCUT2D eigenvalue weighted by atomic mass is 32.2. The van der Waals surface area contributed by atoms with Crippen molar-refractivity contribution in [1.29, 1.82) is 0 Å². The Bertz CT molecular complexity index is 610. The Morgan fingerprint density at radius 2 is 1.86 bits per heavy atom. The molecule has 0 radical (unpaired) electrons. The summed E-state index contributed by atoms with van der Waals surface area (Å²) in [5, 5.41) is 1.28. The number of H-pyrrole nitrogens is 1. The second kappa shape index (κ2) is 5.77. The summed E-state index contributed by atoms with van der Waals surface area (Å²) in [6.07, 6.45) is 6.02. The van der Waals surface area contributed by atoms with Gasteiger partial charge in [-0.15, -0.1) is 23.5 Å². The number of aromatic nitrogens is 1. The monoisotopic (exact) mass is 317 g/mol. The van der Waals surface area contributed by atoms with Gasteiger partial charge in [-0.25, -0.2) is 0 Å². The van der Waals surface area contributed by atoms with E-state index in [-0.39, 0.29) is 9.49 Å². The van der Waals surface area contributed by atoms with Crippen molar-refractivity contribution in [3.8, 4) is 0 Å². The van der Waals surface area contributed by atoms with Crippen molar-refractivity contribution in [1.82, 2.24) is 4.98 Å². The van der Waals surface area contributed by atoms with Crippen LogP contribution < -0.4 is 0 Å². The zero-order chi connectivity index (χ0) is 14.9. The van der Waals surface area contributed by atoms with Gasteiger partial charge >= 0.3 is 0 Å². The van der Waals surface area contributed by atoms with Crippen LogP contribution in [-0.4, -0.2) is 20.6 Å². The van der Waals surface area contributed by atoms with Crippen molar-refractivity contribution < 1.29 is 0 Å². The molecule has 0 atom stereocenters. The maximum atomic E-state index is 3.50. The Hall–Kier alpha value is -0.800. The van der Waals surface area contributed by atoms with Crippen LogP contribution in [0.15, 0.2) is 36.4 Å². The van der Waals surface area contributed by atoms with Gasteiger partial charge in [0.1, 0.15) is 0 Å². The number of nitrogens with one attached hydrogen (secondary N) is 1. The number of thioether (sulfide) groups is 2. The molecule has 0 unspecified atom stereocenters. The van der Waals surface area contributed by atoms with Crippen LogP contribution in [0.2, 0.25) is 0 Å². The maximum Gasteiger partial charge on any atom is 0.0843 e. The highest BCUT2D eigenvalue weighted by molar-refractivity contribution is 8.19. The van der Waals surface area contributed by atoms with Gasteiger partial charge in [-0.2, -0.15) is 0 Å². The number of rotatable bonds is 2. The highest BCUT2D eigenvalue weighted by Crippen LogP contribution is 2.54. The molecule has 1 aromatic carbocycles. The van der Waals surface area contributed by atoms with Gasteiger partial charge in [-0.05, 0) is 46.9 Å². The number of benzene rings is 1. The number of hydrogen-bond donors (Lipinski definition) is 1. The maximum absolute atomic E-state index is 3.50. The minimum atomic E-state index is 0.183. The van der Waals surface area contributed by atoms with E-state index in [0.29, 0.717) is 0 Å². The first kappa shape index (κ1) is 15.1. The summed E-state index contributed by atoms with van der Waals surface area (Å²) in [5.74, 6) is 2.53. The zero-order valence-corrected chi connectivity index (χ0v) is 14.6. The summed E-state index contributed by atoms with van der Waals surface area (Å²) in [6.45, 7) is 7.07. The molecular weight excluding hydrogens is 294 g/mol. The molecule has 0 spiro atoms. The summed E-state index contributed by atoms with van der Waals surface area (Å²) in [5.41, 5.74) is 2.67. The average Bonchev–Trinajstić information content (AvgIpc) is 2.88. The first-order valence-corrected chi connectivity index (χ1v) is 9.52. The lowest BCUT2D eigenvalue weighted by molar-refractivity contribution is 0.408. The molecule has 1 aromatic heterocycles. The van der Waals surface area contributed by atoms with Gasteiger partial charge in [0.05, 0.1) is 4.08 Å². The first-order chi connectivity index (χ1) is 10.0. The Morgan fingerprint density at radius 3 is 2.52 bits per heavy atom. The summed E-state index contributed by atoms with van der Waals surface area (Å²) in [4.78, 5) is 3.50. The van der Waals surface area contributed by atoms with Crippen LogP contribution in [0.25, 0.3) is 17.0 Å². The molecule has 1 nitrogen and oxygen atoms in total. The van der Waals surface area contributed by atoms with Gasteiger partial charge in [0.25, 0.3) is 0 Å². The summed E-state index contributed by atoms with van der Waals surface area (Å²) < 4.78 is 0.183. The van der Waals surface area contributed by atoms with Crippen LogP contribution in [0.1, 0.15) is 32.9 Å². The normalized spacial score (nSPS) is 19.4. The van der Waals surface area contributed by atoms with E-state index in [4.69, 9.17) is 0 Å². The lowest BCUT2D eigenvalue weighted by atomic mass is 9.90. The third-order valence-electron chi connectivity index (χ3n) is 4.00. The molecule has 2 aromatic rings. The molecule has 0 aliphatic carbocycles. The zero-order valence-electron chi connectivity index (χ0n) is 13.0. The molecule has 0 amide bonds. The summed E-state index contributed by atoms with van der Waals surface area (Å²) in [6, 6.07) is 10.7. The van der Waals surface area contributed by atoms with Crippen molar-refractivity contribution in [2.75, 3.05) is 11.5 Å². The van der Waals surface area contributed by atoms with Gasteiger partial charge in [0, 0.05) is 11.2 Å². The third kappa shape index (κ3) is 3.04. The number of para-hydroxylation sites is 1. The second-order valence-electron chi connectivity index (χ2n) is 6.61. The lowest BCUT2D eigenvalue weighted by Crippen LogP contribution is -2.37. The van der Waals surface area contributed by atoms with E-state index in [0.717, 1.165) is 0 Å². The minimum absolute atomic E-state index is 0.183. The van der Waals surface area contributed by atoms with E-state index in [1.807, 2.05) is 0 Å². The van der Waals surface area contributed by atoms with Gasteiger partial charge in [0.2, 0.25) is 0 Å². The lowest BCUT2D eigenvalue weighted by Gasteiger charge is -2.44. The van der Waals surface area contributed by atoms with Gasteiger partial charge < -0.3 is 4.98 Å². The van der Waals surface area contributed by atoms with E-state index in [2.05, 4.69) is 91.8 Å². The molecule has 1 aliphatic rings. The van der Waals surface area contributed by atoms with Crippen molar-refractivity contribution in [2.45, 2.75) is 31.3 Å². The largest absolute Gasteiger partial charge is 0.355 e. The standard InChI is InChI=1S/C18H23NS2/c1-17(2,3)18(20-11-6-12-21-18)10-9-15-13-14-7-4-5-8-16(14)19-15/h4-5,7-10,13,19H,6,11-12H2,1-3H3. The quantitative estimate of drug-likeness (QED) is 0.754. The van der Waals surface area contributed by atoms with E-state index < -0.39 is 0 Å². The van der Waals surface area contributed by atoms with Crippen LogP contribution in [-0.2, 0) is 0 Å². The minimum Gasteiger partial charge on any atom is -0.355 e. The fourth-order valence-electron chi connectivity index (χ4n) is 2.71. The van der Waals surface area contributed by atoms with Crippen LogP contribution in [0.3, 0.4) is 0 Å². The van der Waals surface area contributed by atoms with Crippen molar-refractivity contribution >= 4 is 40.5 Å². The molecule has 1 aliphatic heterocycles. The number of hydrogen-bond acceptors (Lipinski definition) is 2. The van der Waals surface area contributed by atoms with Crippen LogP contribution in [0, 0.1) is 5.41 Å². The molecule has 1 N–H and O–H groups in total. The summed E-state index contributed by atoms with van der Waals surface area (Å²) >= 11 is 4.21. The number of fused-ring (bicyclic) bond motifs is 1. The van der Waals surface area contributed by atoms with Crippen molar-refractivity contribution in [3.05, 3.63) is 42.1 Å². The molecular formula is C18H23NS2. The summed E-state index contributed by atoms with van der Waals surface area (Å²) in [7, 11) is 0. The molecule has 3 heteroatoms. The van der Waals surface area contributed by atoms with E-state index in [1.165, 1.54) is 34.5 Å². The van der Waals surface area contributed by atoms with Crippen molar-refractivity contribution in [3.63, 3.8) is 0 Å². The predicted octanol–water partition coefficient (Wildman–Crippen LogP) is 5.79. The van der Waals surface area contributed by atoms with Crippen LogP contribution >= 0.6 is 23.5 Å². The second-order valence-corrected chi connectivity index (χ2v) is 9.55. The molecule has 1 fully saturated rings. The Kier molecular flexibility index (Phi) is 4.15. The molecule has 1 saturated heterocycles. The Labute approximate surface area is 136 Å².